The van der Waals surface area contributed by atoms with E-state index in [-0.39, 0.29) is 0 Å². The maximum atomic E-state index is 6.27. The summed E-state index contributed by atoms with van der Waals surface area (Å²) in [6, 6.07) is 19.2. The number of anilines is 2. The first-order chi connectivity index (χ1) is 16.0. The topological polar surface area (TPSA) is 17.9 Å². The van der Waals surface area contributed by atoms with E-state index in [0.29, 0.717) is 0 Å². The molecule has 0 unspecified atom stereocenters. The van der Waals surface area contributed by atoms with E-state index in [9.17, 15) is 0 Å². The van der Waals surface area contributed by atoms with Crippen molar-refractivity contribution in [3.05, 3.63) is 65.3 Å². The van der Waals surface area contributed by atoms with Gasteiger partial charge in [-0.05, 0) is 45.3 Å². The monoisotopic (exact) mass is 463 g/mol. The van der Waals surface area contributed by atoms with Crippen molar-refractivity contribution >= 4 is 23.0 Å². The molecule has 3 aromatic rings. The molecule has 0 radical (unpaired) electrons. The third kappa shape index (κ3) is 4.37. The normalized spacial score (nSPS) is 18.2. The van der Waals surface area contributed by atoms with Gasteiger partial charge in [0.2, 0.25) is 0 Å². The molecule has 6 heteroatoms. The average molecular weight is 464 g/mol. The number of likely N-dealkylation sites (N-methyl/N-ethyl adjacent to an activating group) is 2. The molecule has 5 nitrogen and oxygen atoms in total. The fraction of sp³-hybridized carbons (Fsp3) is 0.407. The first kappa shape index (κ1) is 22.3. The summed E-state index contributed by atoms with van der Waals surface area (Å²) in [6.07, 6.45) is 0. The minimum atomic E-state index is 0.767. The molecule has 1 aromatic heterocycles. The van der Waals surface area contributed by atoms with Crippen LogP contribution in [0.1, 0.15) is 5.69 Å². The molecule has 0 spiro atoms. The van der Waals surface area contributed by atoms with E-state index in [1.165, 1.54) is 28.3 Å². The summed E-state index contributed by atoms with van der Waals surface area (Å²) >= 11 is 6.27. The molecule has 5 rings (SSSR count). The Hall–Kier alpha value is -2.47. The van der Waals surface area contributed by atoms with Gasteiger partial charge in [-0.25, -0.2) is 0 Å². The fourth-order valence-electron chi connectivity index (χ4n) is 5.18. The van der Waals surface area contributed by atoms with E-state index >= 15 is 0 Å². The Labute approximate surface area is 202 Å². The largest absolute Gasteiger partial charge is 0.366 e. The van der Waals surface area contributed by atoms with Gasteiger partial charge in [-0.3, -0.25) is 0 Å². The SMILES string of the molecule is Cc1c(N2CCN(C)CC2)c(N2CCN(C)CC2)c(-c2ccccc2)n1-c1ccc(Cl)cc1. The third-order valence-corrected chi connectivity index (χ3v) is 7.37. The molecule has 2 aliphatic heterocycles. The van der Waals surface area contributed by atoms with Gasteiger partial charge in [0, 0.05) is 74.3 Å². The molecule has 0 amide bonds. The molecule has 0 saturated carbocycles. The Morgan fingerprint density at radius 1 is 0.636 bits per heavy atom. The molecule has 0 N–H and O–H groups in total. The number of aromatic nitrogens is 1. The van der Waals surface area contributed by atoms with Crippen molar-refractivity contribution in [3.8, 4) is 16.9 Å². The van der Waals surface area contributed by atoms with Crippen LogP contribution in [0, 0.1) is 6.92 Å². The number of nitrogens with zero attached hydrogens (tertiary/aromatic N) is 5. The van der Waals surface area contributed by atoms with E-state index in [1.807, 2.05) is 12.1 Å². The summed E-state index contributed by atoms with van der Waals surface area (Å²) in [5, 5.41) is 0.767. The number of hydrogen-bond donors (Lipinski definition) is 0. The summed E-state index contributed by atoms with van der Waals surface area (Å²) in [6.45, 7) is 10.8. The Morgan fingerprint density at radius 3 is 1.70 bits per heavy atom. The molecule has 3 heterocycles. The fourth-order valence-corrected chi connectivity index (χ4v) is 5.30. The smallest absolute Gasteiger partial charge is 0.0874 e. The number of rotatable bonds is 4. The molecule has 2 fully saturated rings. The van der Waals surface area contributed by atoms with E-state index < -0.39 is 0 Å². The number of halogens is 1. The zero-order chi connectivity index (χ0) is 22.9. The predicted molar refractivity (Wildman–Crippen MR) is 140 cm³/mol. The minimum absolute atomic E-state index is 0.767. The van der Waals surface area contributed by atoms with Crippen molar-refractivity contribution in [2.45, 2.75) is 6.92 Å². The van der Waals surface area contributed by atoms with Crippen LogP contribution in [0.5, 0.6) is 0 Å². The lowest BCUT2D eigenvalue weighted by atomic mass is 10.1. The van der Waals surface area contributed by atoms with Crippen LogP contribution in [-0.4, -0.2) is 80.8 Å². The van der Waals surface area contributed by atoms with Crippen LogP contribution in [0.15, 0.2) is 54.6 Å². The van der Waals surface area contributed by atoms with Crippen molar-refractivity contribution in [3.63, 3.8) is 0 Å². The van der Waals surface area contributed by atoms with Gasteiger partial charge >= 0.3 is 0 Å². The van der Waals surface area contributed by atoms with Crippen molar-refractivity contribution in [1.29, 1.82) is 0 Å². The van der Waals surface area contributed by atoms with E-state index in [2.05, 4.69) is 87.7 Å². The molecular formula is C27H34ClN5. The second-order valence-electron chi connectivity index (χ2n) is 9.39. The maximum Gasteiger partial charge on any atom is 0.0874 e. The quantitative estimate of drug-likeness (QED) is 0.562. The van der Waals surface area contributed by atoms with E-state index in [1.54, 1.807) is 0 Å². The van der Waals surface area contributed by atoms with Gasteiger partial charge in [0.1, 0.15) is 0 Å². The number of hydrogen-bond acceptors (Lipinski definition) is 4. The van der Waals surface area contributed by atoms with Crippen molar-refractivity contribution in [2.24, 2.45) is 0 Å². The Balaban J connectivity index is 1.75. The van der Waals surface area contributed by atoms with Gasteiger partial charge in [-0.1, -0.05) is 41.9 Å². The summed E-state index contributed by atoms with van der Waals surface area (Å²) in [7, 11) is 4.45. The second kappa shape index (κ2) is 9.41. The zero-order valence-corrected chi connectivity index (χ0v) is 20.7. The van der Waals surface area contributed by atoms with Crippen molar-refractivity contribution < 1.29 is 0 Å². The number of piperazine rings is 2. The Kier molecular flexibility index (Phi) is 6.37. The lowest BCUT2D eigenvalue weighted by molar-refractivity contribution is 0.309. The summed E-state index contributed by atoms with van der Waals surface area (Å²) < 4.78 is 2.45. The maximum absolute atomic E-state index is 6.27. The van der Waals surface area contributed by atoms with Gasteiger partial charge in [-0.2, -0.15) is 0 Å². The summed E-state index contributed by atoms with van der Waals surface area (Å²) in [4.78, 5) is 10.1. The highest BCUT2D eigenvalue weighted by molar-refractivity contribution is 6.30. The predicted octanol–water partition coefficient (Wildman–Crippen LogP) is 4.61. The van der Waals surface area contributed by atoms with Crippen LogP contribution < -0.4 is 9.80 Å². The second-order valence-corrected chi connectivity index (χ2v) is 9.83. The van der Waals surface area contributed by atoms with Crippen LogP contribution in [0.3, 0.4) is 0 Å². The van der Waals surface area contributed by atoms with Crippen LogP contribution in [0.4, 0.5) is 11.4 Å². The third-order valence-electron chi connectivity index (χ3n) is 7.12. The lowest BCUT2D eigenvalue weighted by Crippen LogP contribution is -2.47. The first-order valence-corrected chi connectivity index (χ1v) is 12.3. The van der Waals surface area contributed by atoms with Gasteiger partial charge in [0.15, 0.2) is 0 Å². The Morgan fingerprint density at radius 2 is 1.15 bits per heavy atom. The minimum Gasteiger partial charge on any atom is -0.366 e. The van der Waals surface area contributed by atoms with Crippen molar-refractivity contribution in [1.82, 2.24) is 14.4 Å². The highest BCUT2D eigenvalue weighted by Gasteiger charge is 2.31. The van der Waals surface area contributed by atoms with Crippen LogP contribution in [-0.2, 0) is 0 Å². The zero-order valence-electron chi connectivity index (χ0n) is 20.0. The van der Waals surface area contributed by atoms with Gasteiger partial charge in [0.05, 0.1) is 17.1 Å². The molecule has 2 saturated heterocycles. The highest BCUT2D eigenvalue weighted by atomic mass is 35.5. The summed E-state index contributed by atoms with van der Waals surface area (Å²) in [5.74, 6) is 0. The van der Waals surface area contributed by atoms with Gasteiger partial charge in [0.25, 0.3) is 0 Å². The molecule has 33 heavy (non-hydrogen) atoms. The van der Waals surface area contributed by atoms with Gasteiger partial charge in [-0.15, -0.1) is 0 Å². The molecule has 0 bridgehead atoms. The van der Waals surface area contributed by atoms with Crippen molar-refractivity contribution in [2.75, 3.05) is 76.3 Å². The molecular weight excluding hydrogens is 430 g/mol. The van der Waals surface area contributed by atoms with E-state index in [0.717, 1.165) is 63.1 Å². The first-order valence-electron chi connectivity index (χ1n) is 12.0. The van der Waals surface area contributed by atoms with Crippen LogP contribution >= 0.6 is 11.6 Å². The molecule has 174 valence electrons. The average Bonchev–Trinajstić information content (AvgIpc) is 3.14. The Bertz CT molecular complexity index is 1080. The molecule has 0 atom stereocenters. The van der Waals surface area contributed by atoms with Crippen LogP contribution in [0.25, 0.3) is 16.9 Å². The highest BCUT2D eigenvalue weighted by Crippen LogP contribution is 2.46. The van der Waals surface area contributed by atoms with Crippen LogP contribution in [0.2, 0.25) is 5.02 Å². The molecule has 0 aliphatic carbocycles. The lowest BCUT2D eigenvalue weighted by Gasteiger charge is -2.39. The standard InChI is InChI=1S/C27H34ClN5/c1-21-25(31-17-13-29(2)14-18-31)27(32-19-15-30(3)16-20-32)26(22-7-5-4-6-8-22)33(21)24-11-9-23(28)10-12-24/h4-12H,13-20H2,1-3H3. The molecule has 2 aromatic carbocycles. The van der Waals surface area contributed by atoms with E-state index in [4.69, 9.17) is 11.6 Å². The van der Waals surface area contributed by atoms with Gasteiger partial charge < -0.3 is 24.2 Å². The molecule has 2 aliphatic rings. The summed E-state index contributed by atoms with van der Waals surface area (Å²) in [5.41, 5.74) is 7.77. The number of benzene rings is 2.